The molecule has 3 aromatic carbocycles. The van der Waals surface area contributed by atoms with Crippen LogP contribution in [0.15, 0.2) is 77.7 Å². The zero-order chi connectivity index (χ0) is 26.8. The SMILES string of the molecule is CCOC(=O)Cc1ccc(NC(=O)CN(CCc2ccccc2)S(=O)(=O)c2ccc(OC)c(Cl)c2)cc1. The molecule has 0 aliphatic carbocycles. The van der Waals surface area contributed by atoms with Gasteiger partial charge in [-0.2, -0.15) is 4.31 Å². The Bertz CT molecular complexity index is 1310. The molecule has 0 unspecified atom stereocenters. The molecule has 0 saturated heterocycles. The number of sulfonamides is 1. The van der Waals surface area contributed by atoms with Crippen LogP contribution in [0.4, 0.5) is 5.69 Å². The maximum atomic E-state index is 13.5. The lowest BCUT2D eigenvalue weighted by Crippen LogP contribution is -2.39. The standard InChI is InChI=1S/C27H29ClN2O6S/c1-3-36-27(32)17-21-9-11-22(12-10-21)29-26(31)19-30(16-15-20-7-5-4-6-8-20)37(33,34)23-13-14-25(35-2)24(28)18-23/h4-14,18H,3,15-17,19H2,1-2H3,(H,29,31). The van der Waals surface area contributed by atoms with Crippen LogP contribution in [0.25, 0.3) is 0 Å². The molecular formula is C27H29ClN2O6S. The summed E-state index contributed by atoms with van der Waals surface area (Å²) in [5.41, 5.74) is 2.15. The summed E-state index contributed by atoms with van der Waals surface area (Å²) in [5, 5.41) is 2.87. The summed E-state index contributed by atoms with van der Waals surface area (Å²) < 4.78 is 38.2. The van der Waals surface area contributed by atoms with Gasteiger partial charge >= 0.3 is 5.97 Å². The number of benzene rings is 3. The molecule has 196 valence electrons. The van der Waals surface area contributed by atoms with Crippen molar-refractivity contribution >= 4 is 39.2 Å². The number of hydrogen-bond acceptors (Lipinski definition) is 6. The van der Waals surface area contributed by atoms with Crippen LogP contribution in [0.2, 0.25) is 5.02 Å². The van der Waals surface area contributed by atoms with Gasteiger partial charge in [0.05, 0.1) is 36.6 Å². The van der Waals surface area contributed by atoms with Gasteiger partial charge in [0.2, 0.25) is 15.9 Å². The molecule has 0 aromatic heterocycles. The number of methoxy groups -OCH3 is 1. The first-order valence-electron chi connectivity index (χ1n) is 11.6. The lowest BCUT2D eigenvalue weighted by Gasteiger charge is -2.22. The molecule has 8 nitrogen and oxygen atoms in total. The fraction of sp³-hybridized carbons (Fsp3) is 0.259. The van der Waals surface area contributed by atoms with Crippen molar-refractivity contribution < 1.29 is 27.5 Å². The zero-order valence-corrected chi connectivity index (χ0v) is 22.2. The van der Waals surface area contributed by atoms with E-state index < -0.39 is 22.5 Å². The van der Waals surface area contributed by atoms with Crippen LogP contribution in [-0.2, 0) is 37.2 Å². The molecule has 0 heterocycles. The highest BCUT2D eigenvalue weighted by Gasteiger charge is 2.27. The molecule has 0 atom stereocenters. The van der Waals surface area contributed by atoms with E-state index in [2.05, 4.69) is 5.32 Å². The monoisotopic (exact) mass is 544 g/mol. The van der Waals surface area contributed by atoms with Crippen molar-refractivity contribution in [2.75, 3.05) is 32.1 Å². The Kier molecular flexibility index (Phi) is 10.1. The maximum Gasteiger partial charge on any atom is 0.310 e. The van der Waals surface area contributed by atoms with E-state index in [4.69, 9.17) is 21.1 Å². The Hall–Kier alpha value is -3.40. The summed E-state index contributed by atoms with van der Waals surface area (Å²) in [5.74, 6) is -0.493. The second kappa shape index (κ2) is 13.2. The van der Waals surface area contributed by atoms with Crippen molar-refractivity contribution in [1.29, 1.82) is 0 Å². The van der Waals surface area contributed by atoms with Crippen molar-refractivity contribution in [1.82, 2.24) is 4.31 Å². The lowest BCUT2D eigenvalue weighted by atomic mass is 10.1. The number of amides is 1. The van der Waals surface area contributed by atoms with Crippen LogP contribution in [-0.4, -0.2) is 51.4 Å². The van der Waals surface area contributed by atoms with Crippen molar-refractivity contribution in [3.05, 3.63) is 88.9 Å². The molecule has 0 saturated carbocycles. The molecule has 1 N–H and O–H groups in total. The summed E-state index contributed by atoms with van der Waals surface area (Å²) in [4.78, 5) is 24.5. The minimum absolute atomic E-state index is 0.0394. The van der Waals surface area contributed by atoms with Gasteiger partial charge in [0.25, 0.3) is 0 Å². The Morgan fingerprint density at radius 2 is 1.68 bits per heavy atom. The average Bonchev–Trinajstić information content (AvgIpc) is 2.88. The minimum Gasteiger partial charge on any atom is -0.495 e. The number of hydrogen-bond donors (Lipinski definition) is 1. The normalized spacial score (nSPS) is 11.2. The van der Waals surface area contributed by atoms with E-state index in [1.165, 1.54) is 25.3 Å². The highest BCUT2D eigenvalue weighted by atomic mass is 35.5. The summed E-state index contributed by atoms with van der Waals surface area (Å²) in [6.07, 6.45) is 0.539. The van der Waals surface area contributed by atoms with Gasteiger partial charge in [0.1, 0.15) is 5.75 Å². The number of esters is 1. The van der Waals surface area contributed by atoms with Crippen molar-refractivity contribution in [2.45, 2.75) is 24.7 Å². The number of anilines is 1. The fourth-order valence-corrected chi connectivity index (χ4v) is 5.33. The first-order chi connectivity index (χ1) is 17.7. The molecule has 1 amide bonds. The lowest BCUT2D eigenvalue weighted by molar-refractivity contribution is -0.142. The number of ether oxygens (including phenoxy) is 2. The van der Waals surface area contributed by atoms with Crippen LogP contribution >= 0.6 is 11.6 Å². The van der Waals surface area contributed by atoms with Crippen LogP contribution in [0.3, 0.4) is 0 Å². The summed E-state index contributed by atoms with van der Waals surface area (Å²) in [7, 11) is -2.61. The molecule has 37 heavy (non-hydrogen) atoms. The predicted molar refractivity (Wildman–Crippen MR) is 142 cm³/mol. The average molecular weight is 545 g/mol. The number of nitrogens with zero attached hydrogens (tertiary/aromatic N) is 1. The van der Waals surface area contributed by atoms with Crippen LogP contribution < -0.4 is 10.1 Å². The predicted octanol–water partition coefficient (Wildman–Crippen LogP) is 4.33. The number of rotatable bonds is 12. The van der Waals surface area contributed by atoms with E-state index in [9.17, 15) is 18.0 Å². The molecule has 3 rings (SSSR count). The first-order valence-corrected chi connectivity index (χ1v) is 13.5. The van der Waals surface area contributed by atoms with E-state index in [0.29, 0.717) is 24.5 Å². The van der Waals surface area contributed by atoms with Gasteiger partial charge < -0.3 is 14.8 Å². The molecule has 10 heteroatoms. The third-order valence-corrected chi connectivity index (χ3v) is 7.60. The van der Waals surface area contributed by atoms with Crippen LogP contribution in [0.1, 0.15) is 18.1 Å². The summed E-state index contributed by atoms with van der Waals surface area (Å²) in [6.45, 7) is 1.73. The number of halogens is 1. The topological polar surface area (TPSA) is 102 Å². The molecule has 0 fully saturated rings. The van der Waals surface area contributed by atoms with Gasteiger partial charge in [-0.05, 0) is 54.8 Å². The Labute approximate surface area is 222 Å². The third kappa shape index (κ3) is 8.04. The second-order valence-electron chi connectivity index (χ2n) is 8.10. The van der Waals surface area contributed by atoms with E-state index in [1.54, 1.807) is 31.2 Å². The largest absolute Gasteiger partial charge is 0.495 e. The zero-order valence-electron chi connectivity index (χ0n) is 20.6. The Balaban J connectivity index is 1.76. The van der Waals surface area contributed by atoms with Crippen LogP contribution in [0, 0.1) is 0 Å². The van der Waals surface area contributed by atoms with Gasteiger partial charge in [-0.1, -0.05) is 54.1 Å². The first kappa shape index (κ1) is 28.2. The highest BCUT2D eigenvalue weighted by Crippen LogP contribution is 2.28. The van der Waals surface area contributed by atoms with Gasteiger partial charge in [-0.25, -0.2) is 8.42 Å². The van der Waals surface area contributed by atoms with E-state index in [0.717, 1.165) is 15.4 Å². The van der Waals surface area contributed by atoms with Crippen LogP contribution in [0.5, 0.6) is 5.75 Å². The Morgan fingerprint density at radius 3 is 2.30 bits per heavy atom. The number of carbonyl (C=O) groups is 2. The Morgan fingerprint density at radius 1 is 0.973 bits per heavy atom. The molecule has 0 spiro atoms. The van der Waals surface area contributed by atoms with Gasteiger partial charge in [-0.3, -0.25) is 9.59 Å². The second-order valence-corrected chi connectivity index (χ2v) is 10.4. The molecule has 0 aliphatic heterocycles. The fourth-order valence-electron chi connectivity index (χ4n) is 3.58. The van der Waals surface area contributed by atoms with E-state index in [-0.39, 0.29) is 28.9 Å². The van der Waals surface area contributed by atoms with Gasteiger partial charge in [0, 0.05) is 12.2 Å². The number of nitrogens with one attached hydrogen (secondary N) is 1. The third-order valence-electron chi connectivity index (χ3n) is 5.47. The maximum absolute atomic E-state index is 13.5. The quantitative estimate of drug-likeness (QED) is 0.341. The summed E-state index contributed by atoms with van der Waals surface area (Å²) in [6, 6.07) is 20.3. The minimum atomic E-state index is -4.05. The highest BCUT2D eigenvalue weighted by molar-refractivity contribution is 7.89. The molecule has 3 aromatic rings. The summed E-state index contributed by atoms with van der Waals surface area (Å²) >= 11 is 6.17. The number of carbonyl (C=O) groups excluding carboxylic acids is 2. The van der Waals surface area contributed by atoms with E-state index >= 15 is 0 Å². The van der Waals surface area contributed by atoms with Crippen molar-refractivity contribution in [3.8, 4) is 5.75 Å². The molecule has 0 radical (unpaired) electrons. The molecular weight excluding hydrogens is 516 g/mol. The molecule has 0 aliphatic rings. The van der Waals surface area contributed by atoms with Crippen molar-refractivity contribution in [3.63, 3.8) is 0 Å². The van der Waals surface area contributed by atoms with Gasteiger partial charge in [0.15, 0.2) is 0 Å². The van der Waals surface area contributed by atoms with Gasteiger partial charge in [-0.15, -0.1) is 0 Å². The molecule has 0 bridgehead atoms. The smallest absolute Gasteiger partial charge is 0.310 e. The van der Waals surface area contributed by atoms with Crippen molar-refractivity contribution in [2.24, 2.45) is 0 Å². The van der Waals surface area contributed by atoms with E-state index in [1.807, 2.05) is 30.3 Å².